The quantitative estimate of drug-likeness (QED) is 0.0492. The second-order valence-electron chi connectivity index (χ2n) is 32.0. The average Bonchev–Trinajstić information content (AvgIpc) is 1.09. The number of piperazine rings is 4. The number of aromatic amines is 3. The molecule has 4 amide bonds. The zero-order chi connectivity index (χ0) is 86.2. The minimum absolute atomic E-state index is 0.00584. The number of aromatic nitrogens is 5. The normalized spacial score (nSPS) is 14.8. The van der Waals surface area contributed by atoms with E-state index in [0.717, 1.165) is 90.7 Å². The van der Waals surface area contributed by atoms with Crippen LogP contribution in [0.4, 0.5) is 5.69 Å². The lowest BCUT2D eigenvalue weighted by molar-refractivity contribution is -0.384. The molecule has 0 saturated carbocycles. The Labute approximate surface area is 736 Å². The molecular weight excluding hydrogens is 1590 g/mol. The van der Waals surface area contributed by atoms with Crippen molar-refractivity contribution in [3.8, 4) is 5.75 Å². The summed E-state index contributed by atoms with van der Waals surface area (Å²) in [6, 6.07) is 113. The molecule has 126 heavy (non-hydrogen) atoms. The van der Waals surface area contributed by atoms with E-state index < -0.39 is 4.92 Å². The van der Waals surface area contributed by atoms with Gasteiger partial charge < -0.3 is 39.7 Å². The summed E-state index contributed by atoms with van der Waals surface area (Å²) in [4.78, 5) is 98.9. The molecule has 0 unspecified atom stereocenters. The van der Waals surface area contributed by atoms with Crippen molar-refractivity contribution in [1.29, 1.82) is 0 Å². The molecule has 0 atom stereocenters. The largest absolute Gasteiger partial charge is 0.508 e. The first-order chi connectivity index (χ1) is 61.8. The Morgan fingerprint density at radius 2 is 0.611 bits per heavy atom. The molecule has 4 aliphatic heterocycles. The van der Waals surface area contributed by atoms with E-state index in [1.165, 1.54) is 56.6 Å². The fraction of sp³-hybridized carbons (Fsp3) is 0.192. The average molecular weight is 1690 g/mol. The van der Waals surface area contributed by atoms with E-state index >= 15 is 0 Å². The summed E-state index contributed by atoms with van der Waals surface area (Å²) >= 11 is 6.08. The first-order valence-corrected chi connectivity index (χ1v) is 43.3. The van der Waals surface area contributed by atoms with E-state index in [9.17, 15) is 34.4 Å². The summed E-state index contributed by atoms with van der Waals surface area (Å²) in [7, 11) is 0. The van der Waals surface area contributed by atoms with Gasteiger partial charge in [-0.1, -0.05) is 272 Å². The molecule has 22 heteroatoms. The second kappa shape index (κ2) is 39.5. The van der Waals surface area contributed by atoms with Gasteiger partial charge in [0.25, 0.3) is 29.3 Å². The number of hydrogen-bond acceptors (Lipinski definition) is 13. The number of amides is 4. The van der Waals surface area contributed by atoms with Gasteiger partial charge in [-0.05, 0) is 111 Å². The molecule has 21 nitrogen and oxygen atoms in total. The van der Waals surface area contributed by atoms with Crippen molar-refractivity contribution in [2.75, 3.05) is 105 Å². The van der Waals surface area contributed by atoms with Gasteiger partial charge in [0.15, 0.2) is 0 Å². The highest BCUT2D eigenvalue weighted by Crippen LogP contribution is 2.36. The number of nitro benzene ring substituents is 1. The van der Waals surface area contributed by atoms with Gasteiger partial charge in [-0.2, -0.15) is 0 Å². The van der Waals surface area contributed by atoms with Crippen LogP contribution in [-0.4, -0.2) is 202 Å². The number of nitro groups is 1. The summed E-state index contributed by atoms with van der Waals surface area (Å²) in [6.07, 6.45) is 1.59. The number of phenolic OH excluding ortho intramolecular Hbond substituents is 1. The molecular formula is C104H97ClN14O7. The van der Waals surface area contributed by atoms with Gasteiger partial charge in [0.2, 0.25) is 0 Å². The smallest absolute Gasteiger partial charge is 0.274 e. The predicted molar refractivity (Wildman–Crippen MR) is 497 cm³/mol. The van der Waals surface area contributed by atoms with Crippen LogP contribution in [0.15, 0.2) is 346 Å². The number of nitrogens with zero attached hydrogens (tertiary/aromatic N) is 11. The highest BCUT2D eigenvalue weighted by atomic mass is 35.5. The number of para-hydroxylation sites is 2. The fourth-order valence-electron chi connectivity index (χ4n) is 17.8. The van der Waals surface area contributed by atoms with Crippen molar-refractivity contribution < 1.29 is 29.2 Å². The lowest BCUT2D eigenvalue weighted by Crippen LogP contribution is -2.50. The third kappa shape index (κ3) is 19.7. The molecule has 4 N–H and O–H groups in total. The Morgan fingerprint density at radius 1 is 0.317 bits per heavy atom. The number of H-pyrrole nitrogens is 3. The Morgan fingerprint density at radius 3 is 0.952 bits per heavy atom. The summed E-state index contributed by atoms with van der Waals surface area (Å²) in [5.74, 6) is 0.125. The van der Waals surface area contributed by atoms with Crippen molar-refractivity contribution in [2.45, 2.75) is 24.2 Å². The van der Waals surface area contributed by atoms with Crippen molar-refractivity contribution in [1.82, 2.24) is 64.1 Å². The Balaban J connectivity index is 0.000000119. The van der Waals surface area contributed by atoms with E-state index in [-0.39, 0.29) is 59.2 Å². The van der Waals surface area contributed by atoms with Crippen LogP contribution < -0.4 is 0 Å². The summed E-state index contributed by atoms with van der Waals surface area (Å²) in [5, 5.41) is 23.9. The predicted octanol–water partition coefficient (Wildman–Crippen LogP) is 18.6. The number of carbonyl (C=O) groups excluding carboxylic acids is 4. The molecule has 16 aromatic rings. The molecule has 4 aromatic heterocycles. The number of halogens is 1. The van der Waals surface area contributed by atoms with Crippen LogP contribution in [0.2, 0.25) is 5.02 Å². The molecule has 20 rings (SSSR count). The maximum absolute atomic E-state index is 13.1. The van der Waals surface area contributed by atoms with Gasteiger partial charge >= 0.3 is 0 Å². The molecule has 0 bridgehead atoms. The summed E-state index contributed by atoms with van der Waals surface area (Å²) in [6.45, 7) is 11.7. The number of rotatable bonds is 17. The molecule has 12 aromatic carbocycles. The Kier molecular flexibility index (Phi) is 26.4. The Bertz CT molecular complexity index is 6020. The highest BCUT2D eigenvalue weighted by molar-refractivity contribution is 6.31. The van der Waals surface area contributed by atoms with Crippen molar-refractivity contribution in [3.05, 3.63) is 428 Å². The van der Waals surface area contributed by atoms with Crippen LogP contribution in [0.5, 0.6) is 5.75 Å². The van der Waals surface area contributed by atoms with E-state index in [2.05, 4.69) is 251 Å². The van der Waals surface area contributed by atoms with Crippen LogP contribution in [0.25, 0.3) is 43.7 Å². The molecule has 4 fully saturated rings. The van der Waals surface area contributed by atoms with Crippen LogP contribution in [0, 0.1) is 10.1 Å². The summed E-state index contributed by atoms with van der Waals surface area (Å²) < 4.78 is 0. The van der Waals surface area contributed by atoms with E-state index in [0.29, 0.717) is 85.5 Å². The van der Waals surface area contributed by atoms with Gasteiger partial charge in [-0.25, -0.2) is 4.98 Å². The maximum Gasteiger partial charge on any atom is 0.274 e. The minimum Gasteiger partial charge on any atom is -0.508 e. The zero-order valence-corrected chi connectivity index (χ0v) is 70.5. The van der Waals surface area contributed by atoms with Crippen LogP contribution >= 0.6 is 11.6 Å². The van der Waals surface area contributed by atoms with Gasteiger partial charge in [-0.15, -0.1) is 0 Å². The zero-order valence-electron chi connectivity index (χ0n) is 69.7. The van der Waals surface area contributed by atoms with Crippen molar-refractivity contribution in [3.63, 3.8) is 0 Å². The standard InChI is InChI=1S/C26H24ClN3O.C26H24N4O3.C26H24N4O.C26H25N3O2/c27-22-12-11-21-17-24(28-23(21)18-22)26(31)30-15-13-29(14-16-30)25(19-7-3-1-4-8-19)20-9-5-2-6-10-20;31-26(24-18-21-17-22(30(32)33)11-12-23(21)27-24)29-15-13-28(14-16-29)25(19-7-3-1-4-8-19)20-9-5-2-6-10-20;31-26(24-19-27-22-13-7-8-14-23(22)28-24)30-17-15-29(16-18-30)25(20-9-3-1-4-10-20)21-11-5-2-6-12-21;30-22-11-12-23-21(17-22)18-24(27-23)26(31)29-15-13-28(14-16-29)25(19-7-3-1-4-8-19)20-9-5-2-6-10-20/h1-12,17-18,25,28H,13-16H2;1-12,17-18,25,27H,13-16H2;1-14,19,25H,15-18H2;1-12,17-18,25,27,30H,13-16H2. The number of hydrogen-bond donors (Lipinski definition) is 4. The van der Waals surface area contributed by atoms with Crippen LogP contribution in [0.1, 0.15) is 111 Å². The first-order valence-electron chi connectivity index (χ1n) is 42.9. The number of carbonyl (C=O) groups is 4. The molecule has 0 aliphatic carbocycles. The fourth-order valence-corrected chi connectivity index (χ4v) is 18.0. The molecule has 632 valence electrons. The number of nitrogens with one attached hydrogen (secondary N) is 3. The molecule has 4 aliphatic rings. The van der Waals surface area contributed by atoms with Gasteiger partial charge in [-0.3, -0.25) is 53.9 Å². The van der Waals surface area contributed by atoms with E-state index in [1.54, 1.807) is 36.5 Å². The Hall–Kier alpha value is -14.2. The molecule has 8 heterocycles. The van der Waals surface area contributed by atoms with Crippen LogP contribution in [-0.2, 0) is 0 Å². The topological polar surface area (TPSA) is 231 Å². The van der Waals surface area contributed by atoms with Gasteiger partial charge in [0.05, 0.1) is 46.3 Å². The third-order valence-corrected chi connectivity index (χ3v) is 24.4. The lowest BCUT2D eigenvalue weighted by Gasteiger charge is -2.39. The van der Waals surface area contributed by atoms with Gasteiger partial charge in [0, 0.05) is 155 Å². The van der Waals surface area contributed by atoms with Crippen molar-refractivity contribution in [2.24, 2.45) is 0 Å². The maximum atomic E-state index is 13.1. The highest BCUT2D eigenvalue weighted by Gasteiger charge is 2.35. The molecule has 4 saturated heterocycles. The van der Waals surface area contributed by atoms with Crippen LogP contribution in [0.3, 0.4) is 0 Å². The monoisotopic (exact) mass is 1690 g/mol. The number of benzene rings is 12. The number of aromatic hydroxyl groups is 1. The lowest BCUT2D eigenvalue weighted by atomic mass is 9.96. The minimum atomic E-state index is -0.428. The summed E-state index contributed by atoms with van der Waals surface area (Å²) in [5.41, 5.74) is 16.2. The number of non-ortho nitro benzene ring substituents is 1. The van der Waals surface area contributed by atoms with Gasteiger partial charge in [0.1, 0.15) is 28.5 Å². The molecule has 0 radical (unpaired) electrons. The second-order valence-corrected chi connectivity index (χ2v) is 32.5. The molecule has 0 spiro atoms. The number of phenols is 1. The van der Waals surface area contributed by atoms with Crippen molar-refractivity contribution >= 4 is 84.7 Å². The SMILES string of the molecule is O=C(c1cc2cc(O)ccc2[nH]1)N1CCN(C(c2ccccc2)c2ccccc2)CC1.O=C(c1cc2cc([N+](=O)[O-])ccc2[nH]1)N1CCN(C(c2ccccc2)c2ccccc2)CC1.O=C(c1cc2ccc(Cl)cc2[nH]1)N1CCN(C(c2ccccc2)c2ccccc2)CC1.O=C(c1cnc2ccccc2n1)N1CCN(C(c2ccccc2)c2ccccc2)CC1. The third-order valence-electron chi connectivity index (χ3n) is 24.2. The first kappa shape index (κ1) is 84.0. The number of fused-ring (bicyclic) bond motifs is 4. The van der Waals surface area contributed by atoms with E-state index in [1.807, 2.05) is 111 Å². The van der Waals surface area contributed by atoms with E-state index in [4.69, 9.17) is 11.6 Å².